The summed E-state index contributed by atoms with van der Waals surface area (Å²) < 4.78 is 12.2. The molecule has 4 nitrogen and oxygen atoms in total. The van der Waals surface area contributed by atoms with E-state index < -0.39 is 0 Å². The Labute approximate surface area is 127 Å². The summed E-state index contributed by atoms with van der Waals surface area (Å²) in [4.78, 5) is 0. The van der Waals surface area contributed by atoms with Crippen molar-refractivity contribution in [2.24, 2.45) is 0 Å². The third-order valence-corrected chi connectivity index (χ3v) is 3.42. The first-order valence-electron chi connectivity index (χ1n) is 6.61. The molecule has 0 aliphatic heterocycles. The zero-order chi connectivity index (χ0) is 14.5. The Morgan fingerprint density at radius 3 is 2.85 bits per heavy atom. The molecule has 0 radical (unpaired) electrons. The number of rotatable bonds is 6. The zero-order valence-electron chi connectivity index (χ0n) is 11.9. The van der Waals surface area contributed by atoms with Gasteiger partial charge in [0.05, 0.1) is 5.69 Å². The van der Waals surface area contributed by atoms with Gasteiger partial charge in [-0.1, -0.05) is 34.9 Å². The molecule has 0 spiro atoms. The first-order valence-corrected chi connectivity index (χ1v) is 7.40. The average molecular weight is 339 g/mol. The highest BCUT2D eigenvalue weighted by atomic mass is 79.9. The lowest BCUT2D eigenvalue weighted by atomic mass is 10.0. The topological polar surface area (TPSA) is 47.3 Å². The molecule has 2 aromatic rings. The summed E-state index contributed by atoms with van der Waals surface area (Å²) >= 11 is 3.49. The lowest BCUT2D eigenvalue weighted by Gasteiger charge is -2.13. The fourth-order valence-electron chi connectivity index (χ4n) is 1.94. The molecule has 0 aliphatic carbocycles. The van der Waals surface area contributed by atoms with Crippen molar-refractivity contribution < 1.29 is 9.26 Å². The fraction of sp³-hybridized carbons (Fsp3) is 0.400. The van der Waals surface area contributed by atoms with Crippen molar-refractivity contribution in [1.29, 1.82) is 0 Å². The summed E-state index contributed by atoms with van der Waals surface area (Å²) in [5.74, 6) is 2.01. The van der Waals surface area contributed by atoms with E-state index in [0.29, 0.717) is 19.1 Å². The van der Waals surface area contributed by atoms with Crippen molar-refractivity contribution in [3.8, 4) is 5.75 Å². The maximum Gasteiger partial charge on any atom is 0.174 e. The molecule has 108 valence electrons. The number of aromatic nitrogens is 1. The largest absolute Gasteiger partial charge is 0.485 e. The monoisotopic (exact) mass is 338 g/mol. The van der Waals surface area contributed by atoms with E-state index in [1.807, 2.05) is 25.2 Å². The van der Waals surface area contributed by atoms with E-state index in [-0.39, 0.29) is 0 Å². The Bertz CT molecular complexity index is 567. The first-order chi connectivity index (χ1) is 9.60. The van der Waals surface area contributed by atoms with E-state index in [1.54, 1.807) is 0 Å². The summed E-state index contributed by atoms with van der Waals surface area (Å²) in [6, 6.07) is 7.95. The molecule has 20 heavy (non-hydrogen) atoms. The summed E-state index contributed by atoms with van der Waals surface area (Å²) in [6.45, 7) is 5.37. The number of halogens is 1. The lowest BCUT2D eigenvalue weighted by molar-refractivity contribution is 0.246. The Morgan fingerprint density at radius 1 is 1.35 bits per heavy atom. The third kappa shape index (κ3) is 3.84. The van der Waals surface area contributed by atoms with E-state index in [9.17, 15) is 0 Å². The lowest BCUT2D eigenvalue weighted by Crippen LogP contribution is -2.04. The molecule has 0 bridgehead atoms. The van der Waals surface area contributed by atoms with Crippen LogP contribution in [-0.2, 0) is 13.2 Å². The van der Waals surface area contributed by atoms with Crippen LogP contribution in [0.1, 0.15) is 36.8 Å². The molecule has 5 heteroatoms. The van der Waals surface area contributed by atoms with Crippen molar-refractivity contribution in [1.82, 2.24) is 10.5 Å². The van der Waals surface area contributed by atoms with Crippen LogP contribution in [0.3, 0.4) is 0 Å². The van der Waals surface area contributed by atoms with Crippen LogP contribution in [0.2, 0.25) is 0 Å². The van der Waals surface area contributed by atoms with Gasteiger partial charge in [-0.15, -0.1) is 0 Å². The summed E-state index contributed by atoms with van der Waals surface area (Å²) in [7, 11) is 1.88. The van der Waals surface area contributed by atoms with Crippen LogP contribution in [0.25, 0.3) is 0 Å². The molecule has 0 fully saturated rings. The quantitative estimate of drug-likeness (QED) is 0.868. The van der Waals surface area contributed by atoms with Gasteiger partial charge in [-0.2, -0.15) is 0 Å². The van der Waals surface area contributed by atoms with Gasteiger partial charge in [0.15, 0.2) is 5.76 Å². The molecule has 1 aromatic carbocycles. The molecule has 0 aliphatic rings. The van der Waals surface area contributed by atoms with Crippen molar-refractivity contribution in [3.63, 3.8) is 0 Å². The van der Waals surface area contributed by atoms with Gasteiger partial charge in [-0.25, -0.2) is 0 Å². The van der Waals surface area contributed by atoms with E-state index in [2.05, 4.69) is 46.3 Å². The maximum absolute atomic E-state index is 5.86. The van der Waals surface area contributed by atoms with Crippen molar-refractivity contribution in [2.45, 2.75) is 32.9 Å². The van der Waals surface area contributed by atoms with E-state index in [4.69, 9.17) is 9.26 Å². The minimum absolute atomic E-state index is 0.387. The number of hydrogen-bond donors (Lipinski definition) is 1. The van der Waals surface area contributed by atoms with Crippen LogP contribution < -0.4 is 10.1 Å². The smallest absolute Gasteiger partial charge is 0.174 e. The molecule has 1 heterocycles. The summed E-state index contributed by atoms with van der Waals surface area (Å²) in [5.41, 5.74) is 2.06. The zero-order valence-corrected chi connectivity index (χ0v) is 13.5. The second-order valence-electron chi connectivity index (χ2n) is 4.94. The molecular weight excluding hydrogens is 320 g/mol. The average Bonchev–Trinajstić information content (AvgIpc) is 2.85. The van der Waals surface area contributed by atoms with Crippen LogP contribution >= 0.6 is 15.9 Å². The predicted octanol–water partition coefficient (Wildman–Crippen LogP) is 3.86. The predicted molar refractivity (Wildman–Crippen MR) is 81.8 cm³/mol. The Balaban J connectivity index is 2.06. The van der Waals surface area contributed by atoms with E-state index in [1.165, 1.54) is 5.56 Å². The van der Waals surface area contributed by atoms with Gasteiger partial charge in [0.2, 0.25) is 0 Å². The Morgan fingerprint density at radius 2 is 2.15 bits per heavy atom. The second-order valence-corrected chi connectivity index (χ2v) is 5.86. The number of hydrogen-bond acceptors (Lipinski definition) is 4. The number of nitrogens with zero attached hydrogens (tertiary/aromatic N) is 1. The first kappa shape index (κ1) is 15.1. The minimum Gasteiger partial charge on any atom is -0.485 e. The molecular formula is C15H19BrN2O2. The van der Waals surface area contributed by atoms with Gasteiger partial charge in [-0.05, 0) is 36.7 Å². The molecule has 0 unspecified atom stereocenters. The number of ether oxygens (including phenoxy) is 1. The van der Waals surface area contributed by atoms with Crippen LogP contribution in [-0.4, -0.2) is 12.2 Å². The SMILES string of the molecule is CNCc1cc(COc2ccc(Br)cc2C(C)C)on1. The van der Waals surface area contributed by atoms with Gasteiger partial charge in [-0.3, -0.25) is 0 Å². The molecule has 1 N–H and O–H groups in total. The normalized spacial score (nSPS) is 11.1. The van der Waals surface area contributed by atoms with E-state index >= 15 is 0 Å². The van der Waals surface area contributed by atoms with Gasteiger partial charge < -0.3 is 14.6 Å². The molecule has 0 saturated heterocycles. The molecule has 0 amide bonds. The Hall–Kier alpha value is -1.33. The third-order valence-electron chi connectivity index (χ3n) is 2.93. The number of nitrogens with one attached hydrogen (secondary N) is 1. The van der Waals surface area contributed by atoms with Crippen LogP contribution in [0, 0.1) is 0 Å². The second kappa shape index (κ2) is 6.90. The summed E-state index contributed by atoms with van der Waals surface area (Å²) in [5, 5.41) is 7.00. The van der Waals surface area contributed by atoms with Crippen molar-refractivity contribution in [2.75, 3.05) is 7.05 Å². The van der Waals surface area contributed by atoms with Crippen molar-refractivity contribution >= 4 is 15.9 Å². The van der Waals surface area contributed by atoms with Crippen LogP contribution in [0.15, 0.2) is 33.3 Å². The van der Waals surface area contributed by atoms with Crippen molar-refractivity contribution in [3.05, 3.63) is 45.8 Å². The maximum atomic E-state index is 5.86. The van der Waals surface area contributed by atoms with Gasteiger partial charge in [0, 0.05) is 17.1 Å². The minimum atomic E-state index is 0.387. The molecule has 0 atom stereocenters. The van der Waals surface area contributed by atoms with Gasteiger partial charge in [0.25, 0.3) is 0 Å². The highest BCUT2D eigenvalue weighted by Gasteiger charge is 2.10. The highest BCUT2D eigenvalue weighted by Crippen LogP contribution is 2.30. The number of benzene rings is 1. The van der Waals surface area contributed by atoms with Crippen LogP contribution in [0.4, 0.5) is 0 Å². The van der Waals surface area contributed by atoms with Gasteiger partial charge in [0.1, 0.15) is 12.4 Å². The summed E-state index contributed by atoms with van der Waals surface area (Å²) in [6.07, 6.45) is 0. The van der Waals surface area contributed by atoms with Crippen LogP contribution in [0.5, 0.6) is 5.75 Å². The molecule has 1 aromatic heterocycles. The Kier molecular flexibility index (Phi) is 5.20. The fourth-order valence-corrected chi connectivity index (χ4v) is 2.32. The van der Waals surface area contributed by atoms with Gasteiger partial charge >= 0.3 is 0 Å². The van der Waals surface area contributed by atoms with E-state index in [0.717, 1.165) is 21.7 Å². The molecule has 2 rings (SSSR count). The molecule has 0 saturated carbocycles. The standard InChI is InChI=1S/C15H19BrN2O2/c1-10(2)14-6-11(16)4-5-15(14)19-9-13-7-12(8-17-3)18-20-13/h4-7,10,17H,8-9H2,1-3H3. The highest BCUT2D eigenvalue weighted by molar-refractivity contribution is 9.10.